The van der Waals surface area contributed by atoms with Crippen molar-refractivity contribution >= 4 is 11.8 Å². The quantitative estimate of drug-likeness (QED) is 0.853. The van der Waals surface area contributed by atoms with E-state index in [4.69, 9.17) is 4.42 Å². The largest absolute Gasteiger partial charge is 0.456 e. The smallest absolute Gasteiger partial charge is 0.289 e. The second-order valence-corrected chi connectivity index (χ2v) is 6.37. The van der Waals surface area contributed by atoms with E-state index in [0.29, 0.717) is 37.5 Å². The molecule has 2 amide bonds. The van der Waals surface area contributed by atoms with Gasteiger partial charge < -0.3 is 14.2 Å². The van der Waals surface area contributed by atoms with Crippen LogP contribution >= 0.6 is 0 Å². The van der Waals surface area contributed by atoms with Crippen LogP contribution < -0.4 is 0 Å². The highest BCUT2D eigenvalue weighted by atomic mass is 16.3. The van der Waals surface area contributed by atoms with Crippen molar-refractivity contribution in [3.8, 4) is 0 Å². The van der Waals surface area contributed by atoms with E-state index in [0.717, 1.165) is 16.9 Å². The minimum Gasteiger partial charge on any atom is -0.456 e. The molecule has 0 radical (unpaired) electrons. The van der Waals surface area contributed by atoms with Crippen LogP contribution in [0.1, 0.15) is 37.8 Å². The van der Waals surface area contributed by atoms with Crippen molar-refractivity contribution in [3.63, 3.8) is 0 Å². The molecule has 5 nitrogen and oxygen atoms in total. The van der Waals surface area contributed by atoms with Crippen LogP contribution in [-0.2, 0) is 0 Å². The molecule has 0 spiro atoms. The number of furan rings is 1. The Kier molecular flexibility index (Phi) is 4.42. The van der Waals surface area contributed by atoms with Gasteiger partial charge in [-0.05, 0) is 45.0 Å². The molecule has 1 aromatic heterocycles. The molecular weight excluding hydrogens is 304 g/mol. The van der Waals surface area contributed by atoms with Crippen molar-refractivity contribution in [1.82, 2.24) is 9.80 Å². The summed E-state index contributed by atoms with van der Waals surface area (Å²) in [4.78, 5) is 28.6. The molecule has 0 bridgehead atoms. The summed E-state index contributed by atoms with van der Waals surface area (Å²) in [5.74, 6) is 1.01. The highest BCUT2D eigenvalue weighted by Crippen LogP contribution is 2.15. The molecular formula is C19H22N2O3. The van der Waals surface area contributed by atoms with Crippen molar-refractivity contribution in [3.05, 3.63) is 58.5 Å². The van der Waals surface area contributed by atoms with Gasteiger partial charge in [0.05, 0.1) is 0 Å². The maximum absolute atomic E-state index is 12.7. The molecule has 1 aromatic carbocycles. The molecule has 2 heterocycles. The summed E-state index contributed by atoms with van der Waals surface area (Å²) in [5.41, 5.74) is 2.88. The minimum absolute atomic E-state index is 0.0303. The number of carbonyl (C=O) groups is 2. The van der Waals surface area contributed by atoms with Gasteiger partial charge in [-0.1, -0.05) is 17.2 Å². The van der Waals surface area contributed by atoms with Crippen LogP contribution in [0.2, 0.25) is 0 Å². The number of amides is 2. The molecule has 2 aromatic rings. The number of carbonyl (C=O) groups excluding carboxylic acids is 2. The highest BCUT2D eigenvalue weighted by molar-refractivity contribution is 5.95. The Labute approximate surface area is 141 Å². The summed E-state index contributed by atoms with van der Waals surface area (Å²) in [5, 5.41) is 0. The molecule has 1 saturated heterocycles. The highest BCUT2D eigenvalue weighted by Gasteiger charge is 2.26. The Hall–Kier alpha value is -2.56. The zero-order valence-corrected chi connectivity index (χ0v) is 14.3. The average Bonchev–Trinajstić information content (AvgIpc) is 2.99. The minimum atomic E-state index is -0.110. The fourth-order valence-corrected chi connectivity index (χ4v) is 3.10. The summed E-state index contributed by atoms with van der Waals surface area (Å²) in [6.45, 7) is 7.92. The zero-order valence-electron chi connectivity index (χ0n) is 14.3. The third-order valence-electron chi connectivity index (χ3n) is 4.27. The van der Waals surface area contributed by atoms with Crippen molar-refractivity contribution in [2.45, 2.75) is 20.8 Å². The van der Waals surface area contributed by atoms with E-state index >= 15 is 0 Å². The monoisotopic (exact) mass is 326 g/mol. The number of rotatable bonds is 2. The van der Waals surface area contributed by atoms with E-state index in [1.54, 1.807) is 17.0 Å². The third-order valence-corrected chi connectivity index (χ3v) is 4.27. The molecule has 0 N–H and O–H groups in total. The molecule has 0 unspecified atom stereocenters. The Morgan fingerprint density at radius 2 is 1.38 bits per heavy atom. The van der Waals surface area contributed by atoms with Crippen molar-refractivity contribution in [2.24, 2.45) is 0 Å². The van der Waals surface area contributed by atoms with Gasteiger partial charge in [0, 0.05) is 31.7 Å². The standard InChI is InChI=1S/C19H22N2O3/c1-13-10-14(2)12-16(11-13)18(22)20-6-8-21(9-7-20)19(23)17-5-4-15(3)24-17/h4-5,10-12H,6-9H2,1-3H3. The SMILES string of the molecule is Cc1cc(C)cc(C(=O)N2CCN(C(=O)c3ccc(C)o3)CC2)c1. The second kappa shape index (κ2) is 6.51. The molecule has 126 valence electrons. The lowest BCUT2D eigenvalue weighted by Gasteiger charge is -2.34. The molecule has 1 aliphatic heterocycles. The number of aryl methyl sites for hydroxylation is 3. The molecule has 0 atom stereocenters. The lowest BCUT2D eigenvalue weighted by atomic mass is 10.1. The first-order valence-corrected chi connectivity index (χ1v) is 8.17. The normalized spacial score (nSPS) is 14.8. The van der Waals surface area contributed by atoms with Crippen LogP contribution in [-0.4, -0.2) is 47.8 Å². The Morgan fingerprint density at radius 1 is 0.833 bits per heavy atom. The summed E-state index contributed by atoms with van der Waals surface area (Å²) in [6, 6.07) is 9.37. The predicted molar refractivity (Wildman–Crippen MR) is 91.2 cm³/mol. The Bertz CT molecular complexity index is 750. The van der Waals surface area contributed by atoms with Gasteiger partial charge in [0.25, 0.3) is 11.8 Å². The first kappa shape index (κ1) is 16.3. The van der Waals surface area contributed by atoms with Crippen molar-refractivity contribution in [1.29, 1.82) is 0 Å². The van der Waals surface area contributed by atoms with Crippen LogP contribution in [0.5, 0.6) is 0 Å². The maximum Gasteiger partial charge on any atom is 0.289 e. The van der Waals surface area contributed by atoms with Gasteiger partial charge in [0.15, 0.2) is 5.76 Å². The fraction of sp³-hybridized carbons (Fsp3) is 0.368. The van der Waals surface area contributed by atoms with Crippen LogP contribution in [0.4, 0.5) is 0 Å². The number of hydrogen-bond donors (Lipinski definition) is 0. The first-order valence-electron chi connectivity index (χ1n) is 8.17. The number of nitrogens with zero attached hydrogens (tertiary/aromatic N) is 2. The lowest BCUT2D eigenvalue weighted by molar-refractivity contribution is 0.0517. The maximum atomic E-state index is 12.7. The number of hydrogen-bond acceptors (Lipinski definition) is 3. The molecule has 5 heteroatoms. The molecule has 1 fully saturated rings. The van der Waals surface area contributed by atoms with E-state index in [-0.39, 0.29) is 11.8 Å². The van der Waals surface area contributed by atoms with Gasteiger partial charge in [-0.2, -0.15) is 0 Å². The van der Waals surface area contributed by atoms with Crippen molar-refractivity contribution < 1.29 is 14.0 Å². The van der Waals surface area contributed by atoms with Gasteiger partial charge in [0.1, 0.15) is 5.76 Å². The Morgan fingerprint density at radius 3 is 1.88 bits per heavy atom. The average molecular weight is 326 g/mol. The zero-order chi connectivity index (χ0) is 17.3. The molecule has 3 rings (SSSR count). The topological polar surface area (TPSA) is 53.8 Å². The van der Waals surface area contributed by atoms with Gasteiger partial charge in [0.2, 0.25) is 0 Å². The molecule has 1 aliphatic rings. The summed E-state index contributed by atoms with van der Waals surface area (Å²) >= 11 is 0. The van der Waals surface area contributed by atoms with Gasteiger partial charge in [-0.25, -0.2) is 0 Å². The molecule has 0 aliphatic carbocycles. The number of piperazine rings is 1. The summed E-state index contributed by atoms with van der Waals surface area (Å²) in [6.07, 6.45) is 0. The van der Waals surface area contributed by atoms with E-state index in [1.165, 1.54) is 0 Å². The van der Waals surface area contributed by atoms with E-state index in [1.807, 2.05) is 37.8 Å². The summed E-state index contributed by atoms with van der Waals surface area (Å²) in [7, 11) is 0. The lowest BCUT2D eigenvalue weighted by Crippen LogP contribution is -2.50. The van der Waals surface area contributed by atoms with Crippen LogP contribution in [0.15, 0.2) is 34.7 Å². The molecule has 0 saturated carbocycles. The summed E-state index contributed by atoms with van der Waals surface area (Å²) < 4.78 is 5.40. The molecule has 24 heavy (non-hydrogen) atoms. The third kappa shape index (κ3) is 3.35. The number of benzene rings is 1. The van der Waals surface area contributed by atoms with Crippen molar-refractivity contribution in [2.75, 3.05) is 26.2 Å². The van der Waals surface area contributed by atoms with Gasteiger partial charge in [-0.3, -0.25) is 9.59 Å². The fourth-order valence-electron chi connectivity index (χ4n) is 3.10. The second-order valence-electron chi connectivity index (χ2n) is 6.37. The Balaban J connectivity index is 1.64. The first-order chi connectivity index (χ1) is 11.4. The van der Waals surface area contributed by atoms with E-state index < -0.39 is 0 Å². The predicted octanol–water partition coefficient (Wildman–Crippen LogP) is 2.80. The van der Waals surface area contributed by atoms with Crippen LogP contribution in [0, 0.1) is 20.8 Å². The van der Waals surface area contributed by atoms with Crippen LogP contribution in [0.3, 0.4) is 0 Å². The van der Waals surface area contributed by atoms with E-state index in [2.05, 4.69) is 6.07 Å². The van der Waals surface area contributed by atoms with E-state index in [9.17, 15) is 9.59 Å². The van der Waals surface area contributed by atoms with Crippen LogP contribution in [0.25, 0.3) is 0 Å². The van der Waals surface area contributed by atoms with Gasteiger partial charge in [-0.15, -0.1) is 0 Å². The van der Waals surface area contributed by atoms with Gasteiger partial charge >= 0.3 is 0 Å².